The second-order valence-electron chi connectivity index (χ2n) is 8.77. The van der Waals surface area contributed by atoms with Crippen LogP contribution in [0.15, 0.2) is 47.4 Å². The summed E-state index contributed by atoms with van der Waals surface area (Å²) < 4.78 is 12.2. The fraction of sp³-hybridized carbons (Fsp3) is 0.375. The molecule has 1 aromatic carbocycles. The van der Waals surface area contributed by atoms with Crippen LogP contribution < -0.4 is 11.2 Å². The number of primary amides is 1. The summed E-state index contributed by atoms with van der Waals surface area (Å²) in [5, 5.41) is 0.287. The highest BCUT2D eigenvalue weighted by Crippen LogP contribution is 2.41. The van der Waals surface area contributed by atoms with Gasteiger partial charge < -0.3 is 10.7 Å². The van der Waals surface area contributed by atoms with Gasteiger partial charge in [0.05, 0.1) is 10.9 Å². The van der Waals surface area contributed by atoms with Crippen molar-refractivity contribution in [3.8, 4) is 0 Å². The molecule has 0 bridgehead atoms. The van der Waals surface area contributed by atoms with E-state index in [9.17, 15) is 14.0 Å². The number of aromatic nitrogens is 2. The molecule has 30 heavy (non-hydrogen) atoms. The number of pyridine rings is 2. The van der Waals surface area contributed by atoms with Gasteiger partial charge in [-0.25, -0.2) is 4.39 Å². The number of carbonyl (C=O) groups is 1. The van der Waals surface area contributed by atoms with E-state index in [1.54, 1.807) is 18.2 Å². The van der Waals surface area contributed by atoms with Gasteiger partial charge in [0, 0.05) is 18.0 Å². The summed E-state index contributed by atoms with van der Waals surface area (Å²) in [6, 6.07) is 9.83. The highest BCUT2D eigenvalue weighted by Gasteiger charge is 2.28. The number of halogens is 1. The summed E-state index contributed by atoms with van der Waals surface area (Å²) in [6.07, 6.45) is 5.96. The predicted octanol–water partition coefficient (Wildman–Crippen LogP) is 4.84. The fourth-order valence-electron chi connectivity index (χ4n) is 3.94. The smallest absolute Gasteiger partial charge is 0.268 e. The van der Waals surface area contributed by atoms with Crippen molar-refractivity contribution in [2.24, 2.45) is 11.1 Å². The number of rotatable bonds is 2. The summed E-state index contributed by atoms with van der Waals surface area (Å²) in [7, 11) is 0. The number of hydrogen-bond acceptors (Lipinski definition) is 3. The molecule has 0 saturated heterocycles. The lowest BCUT2D eigenvalue weighted by atomic mass is 9.72. The van der Waals surface area contributed by atoms with Crippen LogP contribution in [0.4, 0.5) is 4.39 Å². The molecule has 1 aliphatic carbocycles. The van der Waals surface area contributed by atoms with Crippen LogP contribution in [-0.4, -0.2) is 15.9 Å². The maximum atomic E-state index is 12.4. The number of fused-ring (bicyclic) bond motifs is 1. The van der Waals surface area contributed by atoms with Crippen molar-refractivity contribution in [1.82, 2.24) is 9.97 Å². The highest BCUT2D eigenvalue weighted by molar-refractivity contribution is 6.03. The topological polar surface area (TPSA) is 88.8 Å². The van der Waals surface area contributed by atoms with Crippen LogP contribution in [0, 0.1) is 18.2 Å². The molecule has 1 aliphatic rings. The van der Waals surface area contributed by atoms with Crippen molar-refractivity contribution in [1.29, 1.82) is 0 Å². The summed E-state index contributed by atoms with van der Waals surface area (Å²) in [5.41, 5.74) is 8.09. The standard InChI is InChI=1S/C17H21N3O2.C7H7F/c1-17(2)6-3-10(4-7-17)12-9-13(21)14-11(20-12)5-8-19-15(14)16(18)22;1-6-3-2-4-7(8)5-6/h5,8-10H,3-4,6-7H2,1-2H3,(H2,18,22)(H,20,21);2-5H,1H3. The molecule has 6 heteroatoms. The number of amides is 1. The second-order valence-corrected chi connectivity index (χ2v) is 8.77. The zero-order chi connectivity index (χ0) is 21.9. The first kappa shape index (κ1) is 21.7. The minimum atomic E-state index is -0.678. The average Bonchev–Trinajstić information content (AvgIpc) is 2.67. The predicted molar refractivity (Wildman–Crippen MR) is 117 cm³/mol. The van der Waals surface area contributed by atoms with Gasteiger partial charge in [0.2, 0.25) is 0 Å². The average molecular weight is 410 g/mol. The van der Waals surface area contributed by atoms with Gasteiger partial charge in [0.15, 0.2) is 5.43 Å². The Morgan fingerprint density at radius 3 is 2.47 bits per heavy atom. The van der Waals surface area contributed by atoms with Crippen LogP contribution in [0.5, 0.6) is 0 Å². The molecule has 0 unspecified atom stereocenters. The third-order valence-corrected chi connectivity index (χ3v) is 5.76. The molecule has 1 fully saturated rings. The van der Waals surface area contributed by atoms with E-state index in [1.165, 1.54) is 18.3 Å². The van der Waals surface area contributed by atoms with Gasteiger partial charge in [-0.1, -0.05) is 26.0 Å². The molecule has 0 aliphatic heterocycles. The van der Waals surface area contributed by atoms with Crippen LogP contribution in [0.25, 0.3) is 10.9 Å². The molecule has 158 valence electrons. The van der Waals surface area contributed by atoms with Crippen molar-refractivity contribution in [2.45, 2.75) is 52.4 Å². The Bertz CT molecular complexity index is 1090. The van der Waals surface area contributed by atoms with E-state index >= 15 is 0 Å². The molecule has 4 rings (SSSR count). The van der Waals surface area contributed by atoms with Crippen molar-refractivity contribution < 1.29 is 9.18 Å². The summed E-state index contributed by atoms with van der Waals surface area (Å²) in [4.78, 5) is 31.1. The van der Waals surface area contributed by atoms with Gasteiger partial charge in [-0.15, -0.1) is 0 Å². The van der Waals surface area contributed by atoms with E-state index < -0.39 is 5.91 Å². The molecule has 3 N–H and O–H groups in total. The Morgan fingerprint density at radius 1 is 1.20 bits per heavy atom. The minimum absolute atomic E-state index is 0.0371. The zero-order valence-electron chi connectivity index (χ0n) is 17.7. The van der Waals surface area contributed by atoms with Gasteiger partial charge in [0.25, 0.3) is 5.91 Å². The van der Waals surface area contributed by atoms with E-state index in [2.05, 4.69) is 23.8 Å². The monoisotopic (exact) mass is 409 g/mol. The lowest BCUT2D eigenvalue weighted by molar-refractivity contribution is 0.0997. The van der Waals surface area contributed by atoms with Crippen LogP contribution in [0.3, 0.4) is 0 Å². The number of H-pyrrole nitrogens is 1. The third-order valence-electron chi connectivity index (χ3n) is 5.76. The number of aryl methyl sites for hydroxylation is 1. The number of hydrogen-bond donors (Lipinski definition) is 2. The number of nitrogens with zero attached hydrogens (tertiary/aromatic N) is 1. The minimum Gasteiger partial charge on any atom is -0.364 e. The Kier molecular flexibility index (Phi) is 6.34. The molecule has 0 radical (unpaired) electrons. The number of nitrogens with two attached hydrogens (primary N) is 1. The zero-order valence-corrected chi connectivity index (χ0v) is 17.7. The molecule has 5 nitrogen and oxygen atoms in total. The van der Waals surface area contributed by atoms with Gasteiger partial charge in [0.1, 0.15) is 11.5 Å². The molecular weight excluding hydrogens is 381 g/mol. The van der Waals surface area contributed by atoms with Gasteiger partial charge in [-0.05, 0) is 67.7 Å². The SMILES string of the molecule is CC1(C)CCC(c2cc(=O)c3c(C(N)=O)nccc3[nH]2)CC1.Cc1cccc(F)c1. The molecule has 1 amide bonds. The molecule has 1 saturated carbocycles. The Balaban J connectivity index is 0.000000269. The summed E-state index contributed by atoms with van der Waals surface area (Å²) in [5.74, 6) is -0.469. The second kappa shape index (κ2) is 8.78. The number of aromatic amines is 1. The number of nitrogens with one attached hydrogen (secondary N) is 1. The third kappa shape index (κ3) is 5.12. The lowest BCUT2D eigenvalue weighted by Crippen LogP contribution is -2.22. The maximum Gasteiger partial charge on any atom is 0.268 e. The summed E-state index contributed by atoms with van der Waals surface area (Å²) >= 11 is 0. The largest absolute Gasteiger partial charge is 0.364 e. The molecule has 3 aromatic rings. The van der Waals surface area contributed by atoms with Crippen LogP contribution in [-0.2, 0) is 0 Å². The molecular formula is C24H28FN3O2. The van der Waals surface area contributed by atoms with Gasteiger partial charge in [-0.2, -0.15) is 0 Å². The quantitative estimate of drug-likeness (QED) is 0.635. The van der Waals surface area contributed by atoms with Gasteiger partial charge in [-0.3, -0.25) is 14.6 Å². The fourth-order valence-corrected chi connectivity index (χ4v) is 3.94. The van der Waals surface area contributed by atoms with E-state index in [4.69, 9.17) is 5.73 Å². The lowest BCUT2D eigenvalue weighted by Gasteiger charge is -2.34. The first-order valence-electron chi connectivity index (χ1n) is 10.2. The van der Waals surface area contributed by atoms with E-state index in [0.717, 1.165) is 36.9 Å². The van der Waals surface area contributed by atoms with Crippen LogP contribution in [0.2, 0.25) is 0 Å². The number of benzene rings is 1. The molecule has 0 atom stereocenters. The van der Waals surface area contributed by atoms with E-state index in [0.29, 0.717) is 16.8 Å². The molecule has 2 heterocycles. The van der Waals surface area contributed by atoms with Crippen molar-refractivity contribution in [2.75, 3.05) is 0 Å². The van der Waals surface area contributed by atoms with Crippen LogP contribution >= 0.6 is 0 Å². The van der Waals surface area contributed by atoms with Crippen molar-refractivity contribution in [3.63, 3.8) is 0 Å². The highest BCUT2D eigenvalue weighted by atomic mass is 19.1. The van der Waals surface area contributed by atoms with Gasteiger partial charge >= 0.3 is 0 Å². The van der Waals surface area contributed by atoms with E-state index in [1.807, 2.05) is 13.0 Å². The normalized spacial score (nSPS) is 16.0. The first-order valence-corrected chi connectivity index (χ1v) is 10.2. The van der Waals surface area contributed by atoms with Crippen LogP contribution in [0.1, 0.15) is 67.2 Å². The van der Waals surface area contributed by atoms with Crippen molar-refractivity contribution >= 4 is 16.8 Å². The maximum absolute atomic E-state index is 12.4. The van der Waals surface area contributed by atoms with E-state index in [-0.39, 0.29) is 22.3 Å². The Hall–Kier alpha value is -3.02. The Labute approximate surface area is 175 Å². The summed E-state index contributed by atoms with van der Waals surface area (Å²) in [6.45, 7) is 6.44. The molecule has 2 aromatic heterocycles. The molecule has 0 spiro atoms. The first-order chi connectivity index (χ1) is 14.2. The number of carbonyl (C=O) groups excluding carboxylic acids is 1. The van der Waals surface area contributed by atoms with Crippen molar-refractivity contribution in [3.05, 3.63) is 75.6 Å². The Morgan fingerprint density at radius 2 is 1.90 bits per heavy atom.